The van der Waals surface area contributed by atoms with Gasteiger partial charge < -0.3 is 4.74 Å². The second kappa shape index (κ2) is 5.40. The Hall–Kier alpha value is -2.55. The SMILES string of the molecule is c1ccc(COc2ccccc2-c2cn[nH]c2)cc1. The maximum absolute atomic E-state index is 5.91. The molecule has 0 unspecified atom stereocenters. The summed E-state index contributed by atoms with van der Waals surface area (Å²) < 4.78 is 5.91. The van der Waals surface area contributed by atoms with E-state index >= 15 is 0 Å². The lowest BCUT2D eigenvalue weighted by atomic mass is 10.1. The fraction of sp³-hybridized carbons (Fsp3) is 0.0625. The summed E-state index contributed by atoms with van der Waals surface area (Å²) in [6, 6.07) is 18.1. The molecule has 0 bridgehead atoms. The van der Waals surface area contributed by atoms with Crippen LogP contribution < -0.4 is 4.74 Å². The highest BCUT2D eigenvalue weighted by Gasteiger charge is 2.06. The Morgan fingerprint density at radius 1 is 0.947 bits per heavy atom. The minimum atomic E-state index is 0.565. The zero-order chi connectivity index (χ0) is 12.9. The Balaban J connectivity index is 1.82. The molecule has 0 amide bonds. The predicted molar refractivity (Wildman–Crippen MR) is 74.8 cm³/mol. The largest absolute Gasteiger partial charge is 0.488 e. The van der Waals surface area contributed by atoms with Gasteiger partial charge in [-0.1, -0.05) is 48.5 Å². The number of ether oxygens (including phenoxy) is 1. The first-order valence-corrected chi connectivity index (χ1v) is 6.18. The molecular formula is C16H14N2O. The summed E-state index contributed by atoms with van der Waals surface area (Å²) >= 11 is 0. The van der Waals surface area contributed by atoms with Gasteiger partial charge in [0.25, 0.3) is 0 Å². The molecule has 0 aliphatic heterocycles. The molecule has 1 heterocycles. The summed E-state index contributed by atoms with van der Waals surface area (Å²) in [6.07, 6.45) is 3.66. The third kappa shape index (κ3) is 2.65. The summed E-state index contributed by atoms with van der Waals surface area (Å²) in [5, 5.41) is 6.80. The highest BCUT2D eigenvalue weighted by atomic mass is 16.5. The fourth-order valence-electron chi connectivity index (χ4n) is 1.96. The standard InChI is InChI=1S/C16H14N2O/c1-2-6-13(7-3-1)12-19-16-9-5-4-8-15(16)14-10-17-18-11-14/h1-11H,12H2,(H,17,18). The number of aromatic nitrogens is 2. The van der Waals surface area contributed by atoms with Crippen molar-refractivity contribution in [3.63, 3.8) is 0 Å². The number of H-pyrrole nitrogens is 1. The van der Waals surface area contributed by atoms with Gasteiger partial charge in [-0.15, -0.1) is 0 Å². The topological polar surface area (TPSA) is 37.9 Å². The second-order valence-electron chi connectivity index (χ2n) is 4.26. The van der Waals surface area contributed by atoms with Crippen LogP contribution in [0.5, 0.6) is 5.75 Å². The number of rotatable bonds is 4. The quantitative estimate of drug-likeness (QED) is 0.767. The Morgan fingerprint density at radius 3 is 2.53 bits per heavy atom. The number of aromatic amines is 1. The summed E-state index contributed by atoms with van der Waals surface area (Å²) in [5.74, 6) is 0.868. The number of nitrogens with zero attached hydrogens (tertiary/aromatic N) is 1. The van der Waals surface area contributed by atoms with Crippen LogP contribution in [0.2, 0.25) is 0 Å². The van der Waals surface area contributed by atoms with Crippen molar-refractivity contribution >= 4 is 0 Å². The van der Waals surface area contributed by atoms with E-state index in [4.69, 9.17) is 4.74 Å². The van der Waals surface area contributed by atoms with Crippen LogP contribution in [0.15, 0.2) is 67.0 Å². The van der Waals surface area contributed by atoms with Gasteiger partial charge in [0.15, 0.2) is 0 Å². The van der Waals surface area contributed by atoms with Crippen molar-refractivity contribution in [1.29, 1.82) is 0 Å². The van der Waals surface area contributed by atoms with Crippen LogP contribution in [0.1, 0.15) is 5.56 Å². The molecule has 0 saturated heterocycles. The number of para-hydroxylation sites is 1. The fourth-order valence-corrected chi connectivity index (χ4v) is 1.96. The van der Waals surface area contributed by atoms with E-state index in [1.54, 1.807) is 6.20 Å². The summed E-state index contributed by atoms with van der Waals surface area (Å²) in [4.78, 5) is 0. The summed E-state index contributed by atoms with van der Waals surface area (Å²) in [7, 11) is 0. The molecule has 0 spiro atoms. The Morgan fingerprint density at radius 2 is 1.74 bits per heavy atom. The molecule has 2 aromatic carbocycles. The lowest BCUT2D eigenvalue weighted by molar-refractivity contribution is 0.307. The molecule has 1 aromatic heterocycles. The Kier molecular flexibility index (Phi) is 3.28. The number of nitrogens with one attached hydrogen (secondary N) is 1. The molecule has 0 aliphatic rings. The van der Waals surface area contributed by atoms with Crippen LogP contribution in [0, 0.1) is 0 Å². The van der Waals surface area contributed by atoms with Crippen LogP contribution in [-0.4, -0.2) is 10.2 Å². The van der Waals surface area contributed by atoms with Crippen LogP contribution in [-0.2, 0) is 6.61 Å². The van der Waals surface area contributed by atoms with Gasteiger partial charge in [0.05, 0.1) is 6.20 Å². The molecule has 3 aromatic rings. The number of hydrogen-bond acceptors (Lipinski definition) is 2. The van der Waals surface area contributed by atoms with Crippen LogP contribution in [0.25, 0.3) is 11.1 Å². The summed E-state index contributed by atoms with van der Waals surface area (Å²) in [5.41, 5.74) is 3.24. The summed E-state index contributed by atoms with van der Waals surface area (Å²) in [6.45, 7) is 0.565. The van der Waals surface area contributed by atoms with Gasteiger partial charge in [-0.05, 0) is 11.6 Å². The first-order valence-electron chi connectivity index (χ1n) is 6.18. The van der Waals surface area contributed by atoms with E-state index in [-0.39, 0.29) is 0 Å². The average molecular weight is 250 g/mol. The highest BCUT2D eigenvalue weighted by molar-refractivity contribution is 5.68. The first kappa shape index (κ1) is 11.5. The smallest absolute Gasteiger partial charge is 0.127 e. The van der Waals surface area contributed by atoms with E-state index in [0.717, 1.165) is 22.4 Å². The molecule has 0 atom stereocenters. The molecule has 94 valence electrons. The molecule has 0 radical (unpaired) electrons. The van der Waals surface area contributed by atoms with Crippen molar-refractivity contribution < 1.29 is 4.74 Å². The van der Waals surface area contributed by atoms with E-state index in [9.17, 15) is 0 Å². The van der Waals surface area contributed by atoms with Crippen molar-refractivity contribution in [3.05, 3.63) is 72.6 Å². The van der Waals surface area contributed by atoms with Gasteiger partial charge in [-0.2, -0.15) is 5.10 Å². The minimum Gasteiger partial charge on any atom is -0.488 e. The maximum Gasteiger partial charge on any atom is 0.127 e. The lowest BCUT2D eigenvalue weighted by Gasteiger charge is -2.10. The first-order chi connectivity index (χ1) is 9.43. The van der Waals surface area contributed by atoms with Crippen molar-refractivity contribution in [2.75, 3.05) is 0 Å². The Labute approximate surface area is 111 Å². The van der Waals surface area contributed by atoms with Crippen molar-refractivity contribution in [1.82, 2.24) is 10.2 Å². The monoisotopic (exact) mass is 250 g/mol. The molecule has 19 heavy (non-hydrogen) atoms. The van der Waals surface area contributed by atoms with Gasteiger partial charge in [-0.3, -0.25) is 5.10 Å². The normalized spacial score (nSPS) is 10.3. The third-order valence-electron chi connectivity index (χ3n) is 2.93. The highest BCUT2D eigenvalue weighted by Crippen LogP contribution is 2.29. The molecule has 0 aliphatic carbocycles. The van der Waals surface area contributed by atoms with Crippen molar-refractivity contribution in [2.24, 2.45) is 0 Å². The zero-order valence-corrected chi connectivity index (χ0v) is 10.4. The van der Waals surface area contributed by atoms with E-state index < -0.39 is 0 Å². The molecule has 1 N–H and O–H groups in total. The average Bonchev–Trinajstić information content (AvgIpc) is 3.01. The van der Waals surface area contributed by atoms with E-state index in [2.05, 4.69) is 22.3 Å². The van der Waals surface area contributed by atoms with E-state index in [1.165, 1.54) is 0 Å². The Bertz CT molecular complexity index is 633. The van der Waals surface area contributed by atoms with Gasteiger partial charge in [0, 0.05) is 17.3 Å². The van der Waals surface area contributed by atoms with Crippen LogP contribution in [0.4, 0.5) is 0 Å². The van der Waals surface area contributed by atoms with Crippen molar-refractivity contribution in [3.8, 4) is 16.9 Å². The van der Waals surface area contributed by atoms with Gasteiger partial charge in [0.2, 0.25) is 0 Å². The molecule has 3 nitrogen and oxygen atoms in total. The number of benzene rings is 2. The molecular weight excluding hydrogens is 236 g/mol. The molecule has 3 rings (SSSR count). The lowest BCUT2D eigenvalue weighted by Crippen LogP contribution is -1.96. The molecule has 3 heteroatoms. The number of hydrogen-bond donors (Lipinski definition) is 1. The second-order valence-corrected chi connectivity index (χ2v) is 4.26. The maximum atomic E-state index is 5.91. The van der Waals surface area contributed by atoms with Gasteiger partial charge >= 0.3 is 0 Å². The van der Waals surface area contributed by atoms with Gasteiger partial charge in [0.1, 0.15) is 12.4 Å². The van der Waals surface area contributed by atoms with Crippen LogP contribution in [0.3, 0.4) is 0 Å². The molecule has 0 fully saturated rings. The van der Waals surface area contributed by atoms with E-state index in [1.807, 2.05) is 48.7 Å². The predicted octanol–water partition coefficient (Wildman–Crippen LogP) is 3.66. The zero-order valence-electron chi connectivity index (χ0n) is 10.4. The minimum absolute atomic E-state index is 0.565. The van der Waals surface area contributed by atoms with Gasteiger partial charge in [-0.25, -0.2) is 0 Å². The molecule has 0 saturated carbocycles. The third-order valence-corrected chi connectivity index (χ3v) is 2.93. The van der Waals surface area contributed by atoms with E-state index in [0.29, 0.717) is 6.61 Å². The van der Waals surface area contributed by atoms with Crippen LogP contribution >= 0.6 is 0 Å². The van der Waals surface area contributed by atoms with Crippen molar-refractivity contribution in [2.45, 2.75) is 6.61 Å².